The van der Waals surface area contributed by atoms with Gasteiger partial charge in [0.2, 0.25) is 0 Å². The first kappa shape index (κ1) is 9.66. The summed E-state index contributed by atoms with van der Waals surface area (Å²) in [6.07, 6.45) is 3.33. The monoisotopic (exact) mass is 197 g/mol. The van der Waals surface area contributed by atoms with E-state index >= 15 is 0 Å². The molecule has 0 aliphatic heterocycles. The van der Waals surface area contributed by atoms with Crippen molar-refractivity contribution in [3.63, 3.8) is 0 Å². The third-order valence-electron chi connectivity index (χ3n) is 1.42. The van der Waals surface area contributed by atoms with Gasteiger partial charge >= 0.3 is 0 Å². The molecule has 0 saturated heterocycles. The van der Waals surface area contributed by atoms with Crippen LogP contribution in [0.3, 0.4) is 0 Å². The molecule has 0 unspecified atom stereocenters. The minimum absolute atomic E-state index is 0.152. The summed E-state index contributed by atoms with van der Waals surface area (Å²) in [7, 11) is 0. The minimum atomic E-state index is 0.152. The van der Waals surface area contributed by atoms with E-state index in [0.717, 1.165) is 12.2 Å². The van der Waals surface area contributed by atoms with E-state index in [1.165, 1.54) is 0 Å². The number of hydrazone groups is 1. The molecule has 0 radical (unpaired) electrons. The van der Waals surface area contributed by atoms with Crippen molar-refractivity contribution < 1.29 is 0 Å². The molecule has 70 valence electrons. The summed E-state index contributed by atoms with van der Waals surface area (Å²) < 4.78 is 1.81. The predicted octanol–water partition coefficient (Wildman–Crippen LogP) is 0.0701. The van der Waals surface area contributed by atoms with E-state index in [1.54, 1.807) is 12.4 Å². The van der Waals surface area contributed by atoms with E-state index in [4.69, 9.17) is 5.73 Å². The van der Waals surface area contributed by atoms with Crippen molar-refractivity contribution >= 4 is 23.5 Å². The summed E-state index contributed by atoms with van der Waals surface area (Å²) in [5, 5.41) is 8.04. The predicted molar refractivity (Wildman–Crippen MR) is 55.4 cm³/mol. The molecule has 6 heteroatoms. The summed E-state index contributed by atoms with van der Waals surface area (Å²) in [6.45, 7) is 2.81. The van der Waals surface area contributed by atoms with Gasteiger partial charge in [-0.3, -0.25) is 10.1 Å². The van der Waals surface area contributed by atoms with Crippen LogP contribution in [0.1, 0.15) is 12.6 Å². The second-order valence-corrected chi connectivity index (χ2v) is 2.75. The summed E-state index contributed by atoms with van der Waals surface area (Å²) in [4.78, 5) is 0. The number of aryl methyl sites for hydroxylation is 1. The van der Waals surface area contributed by atoms with Crippen molar-refractivity contribution in [3.05, 3.63) is 18.0 Å². The molecule has 0 atom stereocenters. The first-order chi connectivity index (χ1) is 6.24. The quantitative estimate of drug-likeness (QED) is 0.409. The van der Waals surface area contributed by atoms with Crippen molar-refractivity contribution in [2.45, 2.75) is 13.5 Å². The van der Waals surface area contributed by atoms with Crippen molar-refractivity contribution in [1.29, 1.82) is 0 Å². The average Bonchev–Trinajstić information content (AvgIpc) is 2.51. The van der Waals surface area contributed by atoms with Crippen LogP contribution in [-0.2, 0) is 6.54 Å². The molecule has 0 aliphatic rings. The molecule has 1 aromatic rings. The zero-order valence-corrected chi connectivity index (χ0v) is 8.08. The van der Waals surface area contributed by atoms with Gasteiger partial charge in [-0.25, -0.2) is 0 Å². The Bertz CT molecular complexity index is 316. The van der Waals surface area contributed by atoms with Gasteiger partial charge in [0.25, 0.3) is 0 Å². The van der Waals surface area contributed by atoms with Crippen LogP contribution in [0.5, 0.6) is 0 Å². The average molecular weight is 197 g/mol. The lowest BCUT2D eigenvalue weighted by molar-refractivity contribution is 0.655. The van der Waals surface area contributed by atoms with E-state index in [2.05, 4.69) is 27.8 Å². The molecule has 0 bridgehead atoms. The minimum Gasteiger partial charge on any atom is -0.375 e. The molecule has 0 spiro atoms. The van der Waals surface area contributed by atoms with Gasteiger partial charge in [-0.15, -0.1) is 0 Å². The molecule has 0 saturated carbocycles. The Morgan fingerprint density at radius 2 is 2.69 bits per heavy atom. The first-order valence-corrected chi connectivity index (χ1v) is 4.25. The fraction of sp³-hybridized carbons (Fsp3) is 0.286. The normalized spacial score (nSPS) is 10.5. The third-order valence-corrected chi connectivity index (χ3v) is 1.51. The number of nitrogens with one attached hydrogen (secondary N) is 1. The Balaban J connectivity index is 2.62. The van der Waals surface area contributed by atoms with Crippen LogP contribution in [0.15, 0.2) is 17.4 Å². The van der Waals surface area contributed by atoms with Crippen LogP contribution in [-0.4, -0.2) is 21.1 Å². The maximum absolute atomic E-state index is 5.19. The molecule has 0 aliphatic carbocycles. The maximum atomic E-state index is 5.19. The first-order valence-electron chi connectivity index (χ1n) is 3.84. The number of hydrogen-bond donors (Lipinski definition) is 2. The van der Waals surface area contributed by atoms with Crippen LogP contribution in [0, 0.1) is 0 Å². The van der Waals surface area contributed by atoms with E-state index in [0.29, 0.717) is 0 Å². The third kappa shape index (κ3) is 2.83. The molecule has 1 aromatic heterocycles. The number of aromatic nitrogens is 2. The fourth-order valence-corrected chi connectivity index (χ4v) is 0.932. The van der Waals surface area contributed by atoms with E-state index in [1.807, 2.05) is 17.7 Å². The molecule has 1 rings (SSSR count). The van der Waals surface area contributed by atoms with Gasteiger partial charge in [-0.05, 0) is 25.2 Å². The molecule has 1 heterocycles. The summed E-state index contributed by atoms with van der Waals surface area (Å²) >= 11 is 4.58. The molecular formula is C7H11N5S. The molecular weight excluding hydrogens is 186 g/mol. The van der Waals surface area contributed by atoms with Crippen LogP contribution in [0.25, 0.3) is 0 Å². The molecule has 3 N–H and O–H groups in total. The zero-order valence-electron chi connectivity index (χ0n) is 7.27. The van der Waals surface area contributed by atoms with Gasteiger partial charge in [0, 0.05) is 12.7 Å². The standard InChI is InChI=1S/C7H11N5S/c1-2-12-6(3-4-10-12)5-9-11-7(8)13/h3-5H,2H2,1H3,(H3,8,11,13)/b9-5+. The van der Waals surface area contributed by atoms with Crippen molar-refractivity contribution in [2.75, 3.05) is 0 Å². The number of nitrogens with two attached hydrogens (primary N) is 1. The maximum Gasteiger partial charge on any atom is 0.184 e. The summed E-state index contributed by atoms with van der Waals surface area (Å²) in [5.74, 6) is 0. The lowest BCUT2D eigenvalue weighted by Crippen LogP contribution is -2.24. The van der Waals surface area contributed by atoms with Crippen molar-refractivity contribution in [2.24, 2.45) is 10.8 Å². The van der Waals surface area contributed by atoms with Gasteiger partial charge < -0.3 is 5.73 Å². The highest BCUT2D eigenvalue weighted by molar-refractivity contribution is 7.80. The zero-order chi connectivity index (χ0) is 9.68. The SMILES string of the molecule is CCn1nccc1/C=N/NC(N)=S. The van der Waals surface area contributed by atoms with Crippen molar-refractivity contribution in [3.8, 4) is 0 Å². The van der Waals surface area contributed by atoms with Gasteiger partial charge in [-0.1, -0.05) is 0 Å². The van der Waals surface area contributed by atoms with Gasteiger partial charge in [-0.2, -0.15) is 10.2 Å². The Morgan fingerprint density at radius 3 is 3.31 bits per heavy atom. The lowest BCUT2D eigenvalue weighted by atomic mass is 10.4. The topological polar surface area (TPSA) is 68.2 Å². The highest BCUT2D eigenvalue weighted by Crippen LogP contribution is 1.93. The van der Waals surface area contributed by atoms with Gasteiger partial charge in [0.1, 0.15) is 0 Å². The summed E-state index contributed by atoms with van der Waals surface area (Å²) in [5.41, 5.74) is 8.57. The molecule has 0 fully saturated rings. The summed E-state index contributed by atoms with van der Waals surface area (Å²) in [6, 6.07) is 1.86. The van der Waals surface area contributed by atoms with Crippen LogP contribution >= 0.6 is 12.2 Å². The second-order valence-electron chi connectivity index (χ2n) is 2.31. The highest BCUT2D eigenvalue weighted by atomic mass is 32.1. The molecule has 0 amide bonds. The van der Waals surface area contributed by atoms with E-state index in [-0.39, 0.29) is 5.11 Å². The largest absolute Gasteiger partial charge is 0.375 e. The number of hydrogen-bond acceptors (Lipinski definition) is 3. The molecule has 5 nitrogen and oxygen atoms in total. The number of nitrogens with zero attached hydrogens (tertiary/aromatic N) is 3. The molecule has 13 heavy (non-hydrogen) atoms. The van der Waals surface area contributed by atoms with Crippen LogP contribution in [0.4, 0.5) is 0 Å². The van der Waals surface area contributed by atoms with Crippen molar-refractivity contribution in [1.82, 2.24) is 15.2 Å². The van der Waals surface area contributed by atoms with Crippen LogP contribution in [0.2, 0.25) is 0 Å². The highest BCUT2D eigenvalue weighted by Gasteiger charge is 1.94. The number of thiocarbonyl (C=S) groups is 1. The van der Waals surface area contributed by atoms with E-state index in [9.17, 15) is 0 Å². The van der Waals surface area contributed by atoms with Gasteiger partial charge in [0.15, 0.2) is 5.11 Å². The lowest BCUT2D eigenvalue weighted by Gasteiger charge is -1.98. The number of rotatable bonds is 3. The fourth-order valence-electron chi connectivity index (χ4n) is 0.879. The van der Waals surface area contributed by atoms with E-state index < -0.39 is 0 Å². The Hall–Kier alpha value is -1.43. The Labute approximate surface area is 81.6 Å². The Kier molecular flexibility index (Phi) is 3.39. The Morgan fingerprint density at radius 1 is 1.92 bits per heavy atom. The smallest absolute Gasteiger partial charge is 0.184 e. The van der Waals surface area contributed by atoms with Crippen LogP contribution < -0.4 is 11.2 Å². The second kappa shape index (κ2) is 4.56. The van der Waals surface area contributed by atoms with Gasteiger partial charge in [0.05, 0.1) is 11.9 Å². The molecule has 0 aromatic carbocycles.